The van der Waals surface area contributed by atoms with E-state index in [1.165, 1.54) is 5.56 Å². The van der Waals surface area contributed by atoms with Crippen LogP contribution < -0.4 is 5.73 Å². The Hall–Kier alpha value is -1.72. The van der Waals surface area contributed by atoms with E-state index in [-0.39, 0.29) is 6.04 Å². The molecule has 0 amide bonds. The molecule has 0 unspecified atom stereocenters. The zero-order valence-corrected chi connectivity index (χ0v) is 9.76. The van der Waals surface area contributed by atoms with Gasteiger partial charge >= 0.3 is 0 Å². The minimum absolute atomic E-state index is 0.195. The van der Waals surface area contributed by atoms with Crippen molar-refractivity contribution in [3.05, 3.63) is 47.5 Å². The first-order valence-electron chi connectivity index (χ1n) is 5.49. The van der Waals surface area contributed by atoms with E-state index in [1.807, 2.05) is 30.3 Å². The van der Waals surface area contributed by atoms with E-state index in [1.54, 1.807) is 7.11 Å². The van der Waals surface area contributed by atoms with Gasteiger partial charge < -0.3 is 10.5 Å². The van der Waals surface area contributed by atoms with Gasteiger partial charge in [-0.05, 0) is 12.0 Å². The van der Waals surface area contributed by atoms with Crippen LogP contribution in [0.1, 0.15) is 23.3 Å². The van der Waals surface area contributed by atoms with Gasteiger partial charge in [0.25, 0.3) is 0 Å². The second-order valence-corrected chi connectivity index (χ2v) is 3.87. The van der Waals surface area contributed by atoms with Crippen LogP contribution in [0.4, 0.5) is 0 Å². The number of benzene rings is 1. The zero-order valence-electron chi connectivity index (χ0n) is 9.76. The fourth-order valence-electron chi connectivity index (χ4n) is 1.64. The van der Waals surface area contributed by atoms with Crippen LogP contribution in [0, 0.1) is 0 Å². The predicted octanol–water partition coefficient (Wildman–Crippen LogP) is 1.19. The summed E-state index contributed by atoms with van der Waals surface area (Å²) >= 11 is 0. The third-order valence-corrected chi connectivity index (χ3v) is 2.46. The summed E-state index contributed by atoms with van der Waals surface area (Å²) in [4.78, 5) is 4.28. The lowest BCUT2D eigenvalue weighted by molar-refractivity contribution is 0.178. The van der Waals surface area contributed by atoms with Crippen LogP contribution >= 0.6 is 0 Å². The predicted molar refractivity (Wildman–Crippen MR) is 64.2 cm³/mol. The smallest absolute Gasteiger partial charge is 0.167 e. The summed E-state index contributed by atoms with van der Waals surface area (Å²) in [6.07, 6.45) is 0.727. The number of H-pyrrole nitrogens is 1. The molecular weight excluding hydrogens is 216 g/mol. The van der Waals surface area contributed by atoms with Gasteiger partial charge in [-0.25, -0.2) is 4.98 Å². The van der Waals surface area contributed by atoms with E-state index >= 15 is 0 Å². The summed E-state index contributed by atoms with van der Waals surface area (Å²) in [5.74, 6) is 1.33. The largest absolute Gasteiger partial charge is 0.377 e. The fraction of sp³-hybridized carbons (Fsp3) is 0.333. The minimum Gasteiger partial charge on any atom is -0.377 e. The van der Waals surface area contributed by atoms with E-state index in [9.17, 15) is 0 Å². The zero-order chi connectivity index (χ0) is 12.1. The summed E-state index contributed by atoms with van der Waals surface area (Å²) in [6, 6.07) is 9.87. The molecule has 0 saturated carbocycles. The van der Waals surface area contributed by atoms with Crippen LogP contribution in [-0.2, 0) is 17.8 Å². The van der Waals surface area contributed by atoms with Gasteiger partial charge in [0.15, 0.2) is 11.6 Å². The Morgan fingerprint density at radius 3 is 2.82 bits per heavy atom. The standard InChI is InChI=1S/C12H16N4O/c1-17-8-11-14-12(16-15-11)10(13)7-9-5-3-2-4-6-9/h2-6,10H,7-8,13H2,1H3,(H,14,15,16)/t10-/m1/s1. The van der Waals surface area contributed by atoms with Crippen molar-refractivity contribution in [2.75, 3.05) is 7.11 Å². The summed E-state index contributed by atoms with van der Waals surface area (Å²) in [5, 5.41) is 6.90. The van der Waals surface area contributed by atoms with Crippen LogP contribution in [0.15, 0.2) is 30.3 Å². The Morgan fingerprint density at radius 1 is 1.35 bits per heavy atom. The highest BCUT2D eigenvalue weighted by Crippen LogP contribution is 2.12. The Bertz CT molecular complexity index is 455. The Morgan fingerprint density at radius 2 is 2.12 bits per heavy atom. The molecule has 2 rings (SSSR count). The monoisotopic (exact) mass is 232 g/mol. The number of nitrogens with zero attached hydrogens (tertiary/aromatic N) is 2. The van der Waals surface area contributed by atoms with Gasteiger partial charge in [-0.2, -0.15) is 5.10 Å². The van der Waals surface area contributed by atoms with Crippen LogP contribution in [0.2, 0.25) is 0 Å². The lowest BCUT2D eigenvalue weighted by atomic mass is 10.1. The summed E-state index contributed by atoms with van der Waals surface area (Å²) in [6.45, 7) is 0.422. The normalized spacial score (nSPS) is 12.6. The molecule has 90 valence electrons. The Balaban J connectivity index is 2.01. The Labute approximate surface area is 100 Å². The summed E-state index contributed by atoms with van der Waals surface area (Å²) < 4.78 is 4.96. The summed E-state index contributed by atoms with van der Waals surface area (Å²) in [5.41, 5.74) is 7.23. The van der Waals surface area contributed by atoms with Crippen molar-refractivity contribution >= 4 is 0 Å². The average Bonchev–Trinajstić information content (AvgIpc) is 2.79. The topological polar surface area (TPSA) is 76.8 Å². The molecule has 3 N–H and O–H groups in total. The van der Waals surface area contributed by atoms with Gasteiger partial charge in [-0.15, -0.1) is 0 Å². The van der Waals surface area contributed by atoms with Crippen molar-refractivity contribution in [2.24, 2.45) is 5.73 Å². The molecule has 1 aromatic heterocycles. The van der Waals surface area contributed by atoms with Crippen LogP contribution in [0.25, 0.3) is 0 Å². The van der Waals surface area contributed by atoms with E-state index in [0.29, 0.717) is 18.3 Å². The van der Waals surface area contributed by atoms with Crippen molar-refractivity contribution in [3.8, 4) is 0 Å². The van der Waals surface area contributed by atoms with Gasteiger partial charge in [0, 0.05) is 7.11 Å². The van der Waals surface area contributed by atoms with Gasteiger partial charge in [0.2, 0.25) is 0 Å². The molecule has 5 heteroatoms. The fourth-order valence-corrected chi connectivity index (χ4v) is 1.64. The van der Waals surface area contributed by atoms with E-state index in [4.69, 9.17) is 10.5 Å². The second-order valence-electron chi connectivity index (χ2n) is 3.87. The maximum absolute atomic E-state index is 6.05. The number of methoxy groups -OCH3 is 1. The number of aromatic amines is 1. The number of nitrogens with one attached hydrogen (secondary N) is 1. The molecule has 0 aliphatic carbocycles. The minimum atomic E-state index is -0.195. The molecule has 2 aromatic rings. The van der Waals surface area contributed by atoms with Crippen LogP contribution in [0.3, 0.4) is 0 Å². The van der Waals surface area contributed by atoms with Gasteiger partial charge in [0.05, 0.1) is 6.04 Å². The molecule has 1 heterocycles. The van der Waals surface area contributed by atoms with Crippen LogP contribution in [-0.4, -0.2) is 22.3 Å². The van der Waals surface area contributed by atoms with Crippen LogP contribution in [0.5, 0.6) is 0 Å². The molecule has 0 saturated heterocycles. The molecule has 0 aliphatic rings. The maximum Gasteiger partial charge on any atom is 0.167 e. The molecule has 0 fully saturated rings. The van der Waals surface area contributed by atoms with Gasteiger partial charge in [0.1, 0.15) is 6.61 Å². The number of aromatic nitrogens is 3. The SMILES string of the molecule is COCc1nc([C@H](N)Cc2ccccc2)n[nH]1. The number of nitrogens with two attached hydrogens (primary N) is 1. The third kappa shape index (κ3) is 3.12. The first-order chi connectivity index (χ1) is 8.29. The van der Waals surface area contributed by atoms with E-state index in [0.717, 1.165) is 6.42 Å². The third-order valence-electron chi connectivity index (χ3n) is 2.46. The highest BCUT2D eigenvalue weighted by molar-refractivity contribution is 5.17. The highest BCUT2D eigenvalue weighted by Gasteiger charge is 2.12. The average molecular weight is 232 g/mol. The van der Waals surface area contributed by atoms with E-state index < -0.39 is 0 Å². The first kappa shape index (κ1) is 11.8. The number of hydrogen-bond donors (Lipinski definition) is 2. The lowest BCUT2D eigenvalue weighted by Crippen LogP contribution is -2.15. The quantitative estimate of drug-likeness (QED) is 0.812. The molecule has 5 nitrogen and oxygen atoms in total. The van der Waals surface area contributed by atoms with Gasteiger partial charge in [-0.1, -0.05) is 30.3 Å². The number of hydrogen-bond acceptors (Lipinski definition) is 4. The molecule has 1 aromatic carbocycles. The molecule has 0 aliphatic heterocycles. The lowest BCUT2D eigenvalue weighted by Gasteiger charge is -2.06. The molecule has 0 spiro atoms. The van der Waals surface area contributed by atoms with E-state index in [2.05, 4.69) is 15.2 Å². The molecule has 17 heavy (non-hydrogen) atoms. The van der Waals surface area contributed by atoms with Crippen molar-refractivity contribution in [1.82, 2.24) is 15.2 Å². The van der Waals surface area contributed by atoms with Crippen molar-refractivity contribution in [1.29, 1.82) is 0 Å². The first-order valence-corrected chi connectivity index (χ1v) is 5.49. The molecule has 1 atom stereocenters. The molecular formula is C12H16N4O. The highest BCUT2D eigenvalue weighted by atomic mass is 16.5. The summed E-state index contributed by atoms with van der Waals surface area (Å²) in [7, 11) is 1.62. The Kier molecular flexibility index (Phi) is 3.85. The van der Waals surface area contributed by atoms with Crippen molar-refractivity contribution in [3.63, 3.8) is 0 Å². The molecule has 0 radical (unpaired) electrons. The number of rotatable bonds is 5. The maximum atomic E-state index is 6.05. The van der Waals surface area contributed by atoms with Gasteiger partial charge in [-0.3, -0.25) is 5.10 Å². The molecule has 0 bridgehead atoms. The number of ether oxygens (including phenoxy) is 1. The second kappa shape index (κ2) is 5.56. The van der Waals surface area contributed by atoms with Crippen molar-refractivity contribution in [2.45, 2.75) is 19.1 Å². The van der Waals surface area contributed by atoms with Crippen molar-refractivity contribution < 1.29 is 4.74 Å².